The van der Waals surface area contributed by atoms with Crippen molar-refractivity contribution in [2.45, 2.75) is 25.3 Å². The van der Waals surface area contributed by atoms with Crippen molar-refractivity contribution < 1.29 is 9.59 Å². The molecular weight excluding hydrogens is 316 g/mol. The van der Waals surface area contributed by atoms with Crippen LogP contribution in [-0.4, -0.2) is 23.5 Å². The maximum absolute atomic E-state index is 12.2. The third-order valence-corrected chi connectivity index (χ3v) is 4.42. The largest absolute Gasteiger partial charge is 0.331 e. The van der Waals surface area contributed by atoms with Crippen LogP contribution in [0.1, 0.15) is 30.9 Å². The number of anilines is 1. The Balaban J connectivity index is 1.51. The number of hydrogen-bond donors (Lipinski definition) is 3. The number of carbonyl (C=O) groups excluding carboxylic acids is 2. The summed E-state index contributed by atoms with van der Waals surface area (Å²) in [5.41, 5.74) is 1.70. The highest BCUT2D eigenvalue weighted by molar-refractivity contribution is 5.94. The minimum atomic E-state index is -0.331. The van der Waals surface area contributed by atoms with Crippen molar-refractivity contribution in [1.82, 2.24) is 15.6 Å². The van der Waals surface area contributed by atoms with E-state index >= 15 is 0 Å². The first-order valence-electron chi connectivity index (χ1n) is 8.51. The molecule has 1 heterocycles. The Morgan fingerprint density at radius 1 is 1.12 bits per heavy atom. The number of amides is 3. The summed E-state index contributed by atoms with van der Waals surface area (Å²) in [5, 5.41) is 8.32. The zero-order valence-electron chi connectivity index (χ0n) is 13.9. The summed E-state index contributed by atoms with van der Waals surface area (Å²) in [6, 6.07) is 13.1. The molecule has 1 aliphatic carbocycles. The van der Waals surface area contributed by atoms with Gasteiger partial charge in [0, 0.05) is 6.20 Å². The molecule has 0 radical (unpaired) electrons. The van der Waals surface area contributed by atoms with Crippen molar-refractivity contribution >= 4 is 17.6 Å². The van der Waals surface area contributed by atoms with E-state index in [1.165, 1.54) is 6.42 Å². The van der Waals surface area contributed by atoms with Crippen molar-refractivity contribution in [1.29, 1.82) is 0 Å². The SMILES string of the molecule is O=C(CNC(=O)NC(c1ccccc1)C1CCC1)Nc1cccnc1. The molecule has 3 amide bonds. The Bertz CT molecular complexity index is 702. The van der Waals surface area contributed by atoms with Crippen LogP contribution in [0.5, 0.6) is 0 Å². The van der Waals surface area contributed by atoms with Crippen LogP contribution >= 0.6 is 0 Å². The molecule has 1 saturated carbocycles. The second kappa shape index (κ2) is 8.28. The Hall–Kier alpha value is -2.89. The van der Waals surface area contributed by atoms with Gasteiger partial charge in [-0.3, -0.25) is 9.78 Å². The average molecular weight is 338 g/mol. The first-order valence-corrected chi connectivity index (χ1v) is 8.51. The molecule has 3 N–H and O–H groups in total. The van der Waals surface area contributed by atoms with Crippen LogP contribution in [0.25, 0.3) is 0 Å². The maximum atomic E-state index is 12.2. The van der Waals surface area contributed by atoms with Crippen LogP contribution in [0.2, 0.25) is 0 Å². The average Bonchev–Trinajstić information content (AvgIpc) is 2.59. The van der Waals surface area contributed by atoms with E-state index in [2.05, 4.69) is 20.9 Å². The van der Waals surface area contributed by atoms with Crippen molar-refractivity contribution in [2.75, 3.05) is 11.9 Å². The van der Waals surface area contributed by atoms with Crippen molar-refractivity contribution in [2.24, 2.45) is 5.92 Å². The molecule has 2 aromatic rings. The second-order valence-corrected chi connectivity index (χ2v) is 6.20. The lowest BCUT2D eigenvalue weighted by atomic mass is 9.77. The molecule has 1 unspecified atom stereocenters. The molecule has 1 fully saturated rings. The van der Waals surface area contributed by atoms with E-state index in [0.717, 1.165) is 18.4 Å². The zero-order valence-corrected chi connectivity index (χ0v) is 13.9. The van der Waals surface area contributed by atoms with Crippen LogP contribution in [0, 0.1) is 5.92 Å². The first kappa shape index (κ1) is 17.0. The molecule has 25 heavy (non-hydrogen) atoms. The number of carbonyl (C=O) groups is 2. The lowest BCUT2D eigenvalue weighted by molar-refractivity contribution is -0.115. The van der Waals surface area contributed by atoms with Gasteiger partial charge in [0.05, 0.1) is 24.5 Å². The van der Waals surface area contributed by atoms with Gasteiger partial charge in [-0.15, -0.1) is 0 Å². The van der Waals surface area contributed by atoms with Crippen molar-refractivity contribution in [3.8, 4) is 0 Å². The van der Waals surface area contributed by atoms with Gasteiger partial charge in [0.15, 0.2) is 0 Å². The van der Waals surface area contributed by atoms with Crippen LogP contribution in [0.3, 0.4) is 0 Å². The van der Waals surface area contributed by atoms with Gasteiger partial charge in [0.2, 0.25) is 5.91 Å². The van der Waals surface area contributed by atoms with E-state index in [9.17, 15) is 9.59 Å². The molecule has 6 nitrogen and oxygen atoms in total. The number of hydrogen-bond acceptors (Lipinski definition) is 3. The molecule has 0 aliphatic heterocycles. The molecule has 0 spiro atoms. The fourth-order valence-electron chi connectivity index (χ4n) is 2.90. The Morgan fingerprint density at radius 2 is 1.92 bits per heavy atom. The third kappa shape index (κ3) is 4.79. The summed E-state index contributed by atoms with van der Waals surface area (Å²) in [4.78, 5) is 28.0. The molecule has 1 aromatic heterocycles. The summed E-state index contributed by atoms with van der Waals surface area (Å²) >= 11 is 0. The number of aromatic nitrogens is 1. The summed E-state index contributed by atoms with van der Waals surface area (Å²) in [6.45, 7) is -0.0904. The van der Waals surface area contributed by atoms with E-state index in [1.807, 2.05) is 30.3 Å². The predicted molar refractivity (Wildman–Crippen MR) is 95.9 cm³/mol. The molecule has 130 valence electrons. The zero-order chi connectivity index (χ0) is 17.5. The van der Waals surface area contributed by atoms with Gasteiger partial charge in [-0.2, -0.15) is 0 Å². The molecule has 0 bridgehead atoms. The quantitative estimate of drug-likeness (QED) is 0.757. The number of rotatable bonds is 6. The monoisotopic (exact) mass is 338 g/mol. The molecule has 0 saturated heterocycles. The van der Waals surface area contributed by atoms with E-state index < -0.39 is 0 Å². The van der Waals surface area contributed by atoms with Gasteiger partial charge in [-0.25, -0.2) is 4.79 Å². The fraction of sp³-hybridized carbons (Fsp3) is 0.316. The summed E-state index contributed by atoms with van der Waals surface area (Å²) in [7, 11) is 0. The molecule has 1 atom stereocenters. The number of urea groups is 1. The van der Waals surface area contributed by atoms with E-state index in [1.54, 1.807) is 24.5 Å². The molecule has 3 rings (SSSR count). The summed E-state index contributed by atoms with van der Waals surface area (Å²) in [5.74, 6) is 0.167. The van der Waals surface area contributed by atoms with Gasteiger partial charge in [-0.1, -0.05) is 36.8 Å². The van der Waals surface area contributed by atoms with Crippen LogP contribution < -0.4 is 16.0 Å². The van der Waals surface area contributed by atoms with Crippen LogP contribution in [0.4, 0.5) is 10.5 Å². The number of pyridine rings is 1. The highest BCUT2D eigenvalue weighted by atomic mass is 16.2. The minimum absolute atomic E-state index is 0.0173. The van der Waals surface area contributed by atoms with Crippen molar-refractivity contribution in [3.63, 3.8) is 0 Å². The standard InChI is InChI=1S/C19H22N4O2/c24-17(22-16-10-5-11-20-12-16)13-21-19(25)23-18(15-8-4-9-15)14-6-2-1-3-7-14/h1-3,5-7,10-12,15,18H,4,8-9,13H2,(H,22,24)(H2,21,23,25). The van der Waals surface area contributed by atoms with Gasteiger partial charge < -0.3 is 16.0 Å². The van der Waals surface area contributed by atoms with Gasteiger partial charge in [0.25, 0.3) is 0 Å². The topological polar surface area (TPSA) is 83.1 Å². The Labute approximate surface area is 147 Å². The van der Waals surface area contributed by atoms with E-state index in [4.69, 9.17) is 0 Å². The Morgan fingerprint density at radius 3 is 2.56 bits per heavy atom. The summed E-state index contributed by atoms with van der Waals surface area (Å²) < 4.78 is 0. The first-order chi connectivity index (χ1) is 12.2. The number of benzene rings is 1. The third-order valence-electron chi connectivity index (χ3n) is 4.42. The predicted octanol–water partition coefficient (Wildman–Crippen LogP) is 2.86. The fourth-order valence-corrected chi connectivity index (χ4v) is 2.90. The van der Waals surface area contributed by atoms with Gasteiger partial charge in [0.1, 0.15) is 0 Å². The minimum Gasteiger partial charge on any atom is -0.331 e. The number of nitrogens with one attached hydrogen (secondary N) is 3. The lowest BCUT2D eigenvalue weighted by Crippen LogP contribution is -2.44. The van der Waals surface area contributed by atoms with E-state index in [-0.39, 0.29) is 24.5 Å². The lowest BCUT2D eigenvalue weighted by Gasteiger charge is -2.34. The number of nitrogens with zero attached hydrogens (tertiary/aromatic N) is 1. The maximum Gasteiger partial charge on any atom is 0.315 e. The highest BCUT2D eigenvalue weighted by Crippen LogP contribution is 2.37. The molecule has 1 aliphatic rings. The second-order valence-electron chi connectivity index (χ2n) is 6.20. The normalized spacial score (nSPS) is 14.9. The molecular formula is C19H22N4O2. The molecule has 1 aromatic carbocycles. The highest BCUT2D eigenvalue weighted by Gasteiger charge is 2.29. The van der Waals surface area contributed by atoms with Crippen LogP contribution in [-0.2, 0) is 4.79 Å². The summed E-state index contributed by atoms with van der Waals surface area (Å²) in [6.07, 6.45) is 6.61. The van der Waals surface area contributed by atoms with Crippen molar-refractivity contribution in [3.05, 3.63) is 60.4 Å². The van der Waals surface area contributed by atoms with Crippen LogP contribution in [0.15, 0.2) is 54.9 Å². The smallest absolute Gasteiger partial charge is 0.315 e. The Kier molecular flexibility index (Phi) is 5.61. The molecule has 6 heteroatoms. The van der Waals surface area contributed by atoms with Gasteiger partial charge in [-0.05, 0) is 36.5 Å². The van der Waals surface area contributed by atoms with E-state index in [0.29, 0.717) is 11.6 Å². The van der Waals surface area contributed by atoms with Gasteiger partial charge >= 0.3 is 6.03 Å².